The number of imide groups is 4. The topological polar surface area (TPSA) is 318 Å². The van der Waals surface area contributed by atoms with E-state index in [4.69, 9.17) is 37.9 Å². The molecule has 604 valence electrons. The van der Waals surface area contributed by atoms with Gasteiger partial charge in [0.05, 0.1) is 57.7 Å². The first-order chi connectivity index (χ1) is 56.0. The summed E-state index contributed by atoms with van der Waals surface area (Å²) < 4.78 is 64.8. The van der Waals surface area contributed by atoms with Crippen molar-refractivity contribution in [2.45, 2.75) is 126 Å². The standard InChI is InChI=1S/C43H44N6O8.C30H36N4O4.C13H9FN2O4.ClH/c1-47-36-12-13-44-23-35(36)32-7-4-26(18-38(32)47)27-5-11-40(45-22-27)57-30-20-29(21-30)55-16-2-14-54-15-3-17-56-31-24-48(25-31)28-6-8-33-34(19-28)43(53)49(42(33)52)37-9-10-39(50)46-41(37)51;1-34-28-8-9-31-20-27(28)26-6-4-21(14-29(26)34)22-5-7-30(33-17-22)38-24-15-23(16-24)36-12-2-10-35-11-3-13-37-25-18-32-19-25;14-6-1-2-7-8(5-6)13(20)16(12(7)19)9-3-4-10(17)15-11(9)18;/h4-8,11-13,18-19,22-23,29-31,37H,2-3,9-10,14-17,20-21,24-25H2,1H3,(H,46,50,51);4-9,14,17,20,23-25,32H,2-3,10-13,15-16,18-19H2,1H3;1-2,5,9H,3-4H2,(H,15,17,18);1H. The summed E-state index contributed by atoms with van der Waals surface area (Å²) in [7, 11) is 4.18. The van der Waals surface area contributed by atoms with Crippen LogP contribution in [-0.4, -0.2) is 214 Å². The third kappa shape index (κ3) is 17.6. The second-order valence-corrected chi connectivity index (χ2v) is 30.0. The summed E-state index contributed by atoms with van der Waals surface area (Å²) in [5.74, 6) is -3.82. The van der Waals surface area contributed by atoms with Crippen molar-refractivity contribution in [3.63, 3.8) is 0 Å². The summed E-state index contributed by atoms with van der Waals surface area (Å²) in [6.07, 6.45) is 19.8. The monoisotopic (exact) mass is 1600 g/mol. The molecule has 6 aliphatic heterocycles. The van der Waals surface area contributed by atoms with Crippen LogP contribution in [-0.2, 0) is 61.7 Å². The van der Waals surface area contributed by atoms with Gasteiger partial charge in [0, 0.05) is 230 Å². The maximum absolute atomic E-state index is 13.2. The Morgan fingerprint density at radius 3 is 1.29 bits per heavy atom. The summed E-state index contributed by atoms with van der Waals surface area (Å²) in [5, 5.41) is 12.2. The molecular weight excluding hydrogens is 1510 g/mol. The summed E-state index contributed by atoms with van der Waals surface area (Å²) in [5.41, 5.74) is 10.4. The molecule has 10 aromatic rings. The minimum Gasteiger partial charge on any atom is -0.474 e. The lowest BCUT2D eigenvalue weighted by Gasteiger charge is -2.40. The number of aryl methyl sites for hydroxylation is 2. The van der Waals surface area contributed by atoms with Crippen molar-refractivity contribution in [2.24, 2.45) is 14.1 Å². The minimum absolute atomic E-state index is 0. The number of aromatic nitrogens is 6. The average molecular weight is 1600 g/mol. The number of hydrogen-bond acceptors (Lipinski definition) is 22. The molecule has 4 saturated heterocycles. The molecule has 4 aromatic carbocycles. The molecule has 28 nitrogen and oxygen atoms in total. The van der Waals surface area contributed by atoms with Gasteiger partial charge in [-0.25, -0.2) is 14.4 Å². The quantitative estimate of drug-likeness (QED) is 0.0290. The zero-order valence-electron chi connectivity index (χ0n) is 64.3. The van der Waals surface area contributed by atoms with E-state index in [0.29, 0.717) is 57.4 Å². The van der Waals surface area contributed by atoms with Gasteiger partial charge in [-0.1, -0.05) is 24.3 Å². The zero-order chi connectivity index (χ0) is 79.2. The van der Waals surface area contributed by atoms with Crippen LogP contribution in [0.25, 0.3) is 65.9 Å². The highest BCUT2D eigenvalue weighted by molar-refractivity contribution is 6.25. The molecule has 8 aliphatic rings. The Labute approximate surface area is 673 Å². The molecule has 2 atom stereocenters. The number of carbonyl (C=O) groups excluding carboxylic acids is 8. The molecule has 12 heterocycles. The Morgan fingerprint density at radius 2 is 0.853 bits per heavy atom. The largest absolute Gasteiger partial charge is 0.474 e. The lowest BCUT2D eigenvalue weighted by atomic mass is 9.92. The van der Waals surface area contributed by atoms with E-state index < -0.39 is 65.2 Å². The van der Waals surface area contributed by atoms with Gasteiger partial charge < -0.3 is 57.2 Å². The van der Waals surface area contributed by atoms with Gasteiger partial charge in [-0.2, -0.15) is 0 Å². The number of anilines is 1. The first-order valence-corrected chi connectivity index (χ1v) is 39.4. The van der Waals surface area contributed by atoms with Crippen LogP contribution < -0.4 is 30.3 Å². The van der Waals surface area contributed by atoms with Crippen LogP contribution in [0.4, 0.5) is 10.1 Å². The van der Waals surface area contributed by atoms with E-state index in [1.165, 1.54) is 33.3 Å². The van der Waals surface area contributed by atoms with Gasteiger partial charge in [0.25, 0.3) is 23.6 Å². The molecule has 2 aliphatic carbocycles. The average Bonchev–Trinajstić information content (AvgIpc) is 1.62. The van der Waals surface area contributed by atoms with Crippen molar-refractivity contribution >= 4 is 109 Å². The Balaban J connectivity index is 0.000000153. The number of pyridine rings is 4. The SMILES string of the molecule is Cl.Cn1c2ccncc2c2ccc(-c3ccc(OC4CC(OCCCOCCCOC5CN(c6ccc7c(c6)C(=O)N(C6CCC(=O)NC6=O)C7=O)C5)C4)nc3)cc21.Cn1c2ccncc2c2ccc(-c3ccc(OC4CC(OCCCOCCCOC5CNC5)C4)nc3)cc21.O=C1CCC(N2C(=O)c3ccc(F)cc3C2=O)C(=O)N1. The number of fused-ring (bicyclic) bond motifs is 8. The van der Waals surface area contributed by atoms with Crippen LogP contribution in [0.5, 0.6) is 11.8 Å². The van der Waals surface area contributed by atoms with E-state index in [-0.39, 0.29) is 90.9 Å². The highest BCUT2D eigenvalue weighted by Crippen LogP contribution is 2.38. The smallest absolute Gasteiger partial charge is 0.262 e. The fraction of sp³-hybridized carbons (Fsp3) is 0.395. The summed E-state index contributed by atoms with van der Waals surface area (Å²) >= 11 is 0. The second-order valence-electron chi connectivity index (χ2n) is 30.0. The van der Waals surface area contributed by atoms with E-state index in [2.05, 4.69) is 119 Å². The number of benzene rings is 4. The lowest BCUT2D eigenvalue weighted by molar-refractivity contribution is -0.137. The van der Waals surface area contributed by atoms with E-state index in [1.54, 1.807) is 12.1 Å². The van der Waals surface area contributed by atoms with Crippen molar-refractivity contribution in [1.29, 1.82) is 0 Å². The number of ether oxygens (including phenoxy) is 8. The Bertz CT molecular complexity index is 5340. The van der Waals surface area contributed by atoms with Crippen LogP contribution in [0.15, 0.2) is 146 Å². The van der Waals surface area contributed by atoms with E-state index >= 15 is 0 Å². The second kappa shape index (κ2) is 36.0. The fourth-order valence-corrected chi connectivity index (χ4v) is 15.6. The van der Waals surface area contributed by atoms with Crippen molar-refractivity contribution in [2.75, 3.05) is 83.9 Å². The molecule has 30 heteroatoms. The Morgan fingerprint density at radius 1 is 0.422 bits per heavy atom. The number of piperidine rings is 2. The van der Waals surface area contributed by atoms with Gasteiger partial charge in [0.15, 0.2) is 0 Å². The molecule has 0 bridgehead atoms. The van der Waals surface area contributed by atoms with E-state index in [1.807, 2.05) is 61.4 Å². The Kier molecular flexibility index (Phi) is 24.9. The molecule has 8 amide bonds. The predicted octanol–water partition coefficient (Wildman–Crippen LogP) is 9.97. The van der Waals surface area contributed by atoms with Crippen molar-refractivity contribution in [3.05, 3.63) is 174 Å². The lowest BCUT2D eigenvalue weighted by Crippen LogP contribution is -2.54. The summed E-state index contributed by atoms with van der Waals surface area (Å²) in [6.45, 7) is 8.79. The van der Waals surface area contributed by atoms with E-state index in [9.17, 15) is 42.7 Å². The molecule has 6 aromatic heterocycles. The molecule has 116 heavy (non-hydrogen) atoms. The number of halogens is 2. The molecule has 0 radical (unpaired) electrons. The number of carbonyl (C=O) groups is 8. The van der Waals surface area contributed by atoms with Crippen LogP contribution in [0.1, 0.15) is 118 Å². The third-order valence-corrected chi connectivity index (χ3v) is 22.4. The molecule has 0 spiro atoms. The molecule has 2 saturated carbocycles. The van der Waals surface area contributed by atoms with Gasteiger partial charge in [0.2, 0.25) is 35.4 Å². The Hall–Kier alpha value is -11.0. The first kappa shape index (κ1) is 80.2. The fourth-order valence-electron chi connectivity index (χ4n) is 15.6. The van der Waals surface area contributed by atoms with Crippen molar-refractivity contribution < 1.29 is 80.6 Å². The van der Waals surface area contributed by atoms with Crippen LogP contribution in [0, 0.1) is 5.82 Å². The van der Waals surface area contributed by atoms with Crippen molar-refractivity contribution in [3.8, 4) is 34.0 Å². The van der Waals surface area contributed by atoms with Crippen molar-refractivity contribution in [1.82, 2.24) is 54.8 Å². The van der Waals surface area contributed by atoms with Crippen LogP contribution in [0.2, 0.25) is 0 Å². The third-order valence-electron chi connectivity index (χ3n) is 22.4. The van der Waals surface area contributed by atoms with Gasteiger partial charge in [-0.3, -0.25) is 68.8 Å². The zero-order valence-corrected chi connectivity index (χ0v) is 65.1. The molecule has 6 fully saturated rings. The van der Waals surface area contributed by atoms with Gasteiger partial charge in [-0.15, -0.1) is 12.4 Å². The van der Waals surface area contributed by atoms with Crippen LogP contribution in [0.3, 0.4) is 0 Å². The number of nitrogens with zero attached hydrogens (tertiary/aromatic N) is 9. The summed E-state index contributed by atoms with van der Waals surface area (Å²) in [4.78, 5) is 119. The number of hydrogen-bond donors (Lipinski definition) is 3. The first-order valence-electron chi connectivity index (χ1n) is 39.4. The normalized spacial score (nSPS) is 20.5. The number of rotatable bonds is 29. The maximum atomic E-state index is 13.2. The van der Waals surface area contributed by atoms with Gasteiger partial charge in [-0.05, 0) is 122 Å². The van der Waals surface area contributed by atoms with Crippen LogP contribution >= 0.6 is 12.4 Å². The van der Waals surface area contributed by atoms with Gasteiger partial charge in [0.1, 0.15) is 30.1 Å². The maximum Gasteiger partial charge on any atom is 0.262 e. The number of nitrogens with one attached hydrogen (secondary N) is 3. The van der Waals surface area contributed by atoms with Gasteiger partial charge >= 0.3 is 0 Å². The minimum atomic E-state index is -1.02. The molecule has 18 rings (SSSR count). The molecule has 3 N–H and O–H groups in total. The highest BCUT2D eigenvalue weighted by Gasteiger charge is 2.47. The number of amides is 8. The highest BCUT2D eigenvalue weighted by atomic mass is 35.5. The summed E-state index contributed by atoms with van der Waals surface area (Å²) in [6, 6.07) is 31.6. The molecule has 2 unspecified atom stereocenters. The molecular formula is C86H90ClFN12O16. The predicted molar refractivity (Wildman–Crippen MR) is 428 cm³/mol. The van der Waals surface area contributed by atoms with E-state index in [0.717, 1.165) is 157 Å².